The van der Waals surface area contributed by atoms with Crippen LogP contribution in [0.25, 0.3) is 0 Å². The Kier molecular flexibility index (Phi) is 3.57. The minimum absolute atomic E-state index is 0.0177. The minimum Gasteiger partial charge on any atom is -0.490 e. The number of ether oxygens (including phenoxy) is 1. The molecule has 2 aromatic rings. The van der Waals surface area contributed by atoms with E-state index in [-0.39, 0.29) is 11.9 Å². The third-order valence-electron chi connectivity index (χ3n) is 3.33. The summed E-state index contributed by atoms with van der Waals surface area (Å²) in [7, 11) is 0. The van der Waals surface area contributed by atoms with Gasteiger partial charge in [-0.3, -0.25) is 4.79 Å². The maximum atomic E-state index is 12.5. The molecule has 1 heterocycles. The molecule has 0 radical (unpaired) electrons. The van der Waals surface area contributed by atoms with Gasteiger partial charge in [-0.05, 0) is 64.8 Å². The van der Waals surface area contributed by atoms with Crippen molar-refractivity contribution >= 4 is 33.3 Å². The van der Waals surface area contributed by atoms with Gasteiger partial charge in [0, 0.05) is 27.0 Å². The van der Waals surface area contributed by atoms with Crippen LogP contribution in [0.1, 0.15) is 28.4 Å². The minimum atomic E-state index is -0.0177. The summed E-state index contributed by atoms with van der Waals surface area (Å²) < 4.78 is 6.36. The standard InChI is InChI=1S/C16H12BrClO2/c1-9-6-11-7-10(2-5-15(11)20-9)16(19)13-4-3-12(18)8-14(13)17/h2-5,7-9H,6H2,1H3. The van der Waals surface area contributed by atoms with Gasteiger partial charge < -0.3 is 4.74 Å². The number of halogens is 2. The molecule has 3 rings (SSSR count). The highest BCUT2D eigenvalue weighted by Gasteiger charge is 2.21. The van der Waals surface area contributed by atoms with Crippen molar-refractivity contribution in [1.82, 2.24) is 0 Å². The van der Waals surface area contributed by atoms with E-state index in [4.69, 9.17) is 16.3 Å². The van der Waals surface area contributed by atoms with E-state index in [1.165, 1.54) is 0 Å². The van der Waals surface area contributed by atoms with Crippen LogP contribution < -0.4 is 4.74 Å². The van der Waals surface area contributed by atoms with E-state index in [9.17, 15) is 4.79 Å². The summed E-state index contributed by atoms with van der Waals surface area (Å²) in [5.41, 5.74) is 2.37. The van der Waals surface area contributed by atoms with Crippen LogP contribution in [-0.2, 0) is 6.42 Å². The van der Waals surface area contributed by atoms with Crippen molar-refractivity contribution in [3.63, 3.8) is 0 Å². The fraction of sp³-hybridized carbons (Fsp3) is 0.188. The zero-order valence-electron chi connectivity index (χ0n) is 10.8. The zero-order valence-corrected chi connectivity index (χ0v) is 13.2. The fourth-order valence-corrected chi connectivity index (χ4v) is 3.26. The molecule has 102 valence electrons. The van der Waals surface area contributed by atoms with Gasteiger partial charge in [0.15, 0.2) is 5.78 Å². The van der Waals surface area contributed by atoms with Gasteiger partial charge in [-0.1, -0.05) is 11.6 Å². The van der Waals surface area contributed by atoms with Crippen LogP contribution in [0.15, 0.2) is 40.9 Å². The van der Waals surface area contributed by atoms with Crippen molar-refractivity contribution in [2.75, 3.05) is 0 Å². The van der Waals surface area contributed by atoms with E-state index in [1.54, 1.807) is 24.3 Å². The number of ketones is 1. The Morgan fingerprint density at radius 2 is 2.10 bits per heavy atom. The van der Waals surface area contributed by atoms with Crippen molar-refractivity contribution < 1.29 is 9.53 Å². The van der Waals surface area contributed by atoms with Gasteiger partial charge in [0.2, 0.25) is 0 Å². The van der Waals surface area contributed by atoms with Crippen LogP contribution in [0, 0.1) is 0 Å². The molecule has 1 atom stereocenters. The van der Waals surface area contributed by atoms with Crippen molar-refractivity contribution in [1.29, 1.82) is 0 Å². The normalized spacial score (nSPS) is 16.6. The first kappa shape index (κ1) is 13.7. The second kappa shape index (κ2) is 5.23. The van der Waals surface area contributed by atoms with E-state index in [0.717, 1.165) is 17.7 Å². The summed E-state index contributed by atoms with van der Waals surface area (Å²) in [5.74, 6) is 0.861. The highest BCUT2D eigenvalue weighted by Crippen LogP contribution is 2.31. The lowest BCUT2D eigenvalue weighted by Crippen LogP contribution is -2.05. The van der Waals surface area contributed by atoms with E-state index in [2.05, 4.69) is 15.9 Å². The molecule has 0 saturated heterocycles. The average Bonchev–Trinajstić information content (AvgIpc) is 2.77. The molecule has 0 saturated carbocycles. The molecule has 0 spiro atoms. The molecular weight excluding hydrogens is 340 g/mol. The van der Waals surface area contributed by atoms with Crippen LogP contribution in [0.4, 0.5) is 0 Å². The Morgan fingerprint density at radius 3 is 2.85 bits per heavy atom. The van der Waals surface area contributed by atoms with Gasteiger partial charge >= 0.3 is 0 Å². The highest BCUT2D eigenvalue weighted by molar-refractivity contribution is 9.10. The van der Waals surface area contributed by atoms with Crippen molar-refractivity contribution in [2.24, 2.45) is 0 Å². The van der Waals surface area contributed by atoms with E-state index in [1.807, 2.05) is 19.1 Å². The summed E-state index contributed by atoms with van der Waals surface area (Å²) >= 11 is 9.29. The second-order valence-corrected chi connectivity index (χ2v) is 6.20. The Labute approximate surface area is 130 Å². The number of rotatable bonds is 2. The molecule has 0 N–H and O–H groups in total. The molecule has 0 aromatic heterocycles. The quantitative estimate of drug-likeness (QED) is 0.736. The molecule has 0 amide bonds. The summed E-state index contributed by atoms with van der Waals surface area (Å²) in [6, 6.07) is 10.8. The van der Waals surface area contributed by atoms with Crippen LogP contribution in [0.2, 0.25) is 5.02 Å². The Balaban J connectivity index is 1.97. The van der Waals surface area contributed by atoms with Crippen molar-refractivity contribution in [3.05, 3.63) is 62.6 Å². The largest absolute Gasteiger partial charge is 0.490 e. The SMILES string of the molecule is CC1Cc2cc(C(=O)c3ccc(Cl)cc3Br)ccc2O1. The molecule has 1 unspecified atom stereocenters. The summed E-state index contributed by atoms with van der Waals surface area (Å²) in [6.45, 7) is 2.03. The number of hydrogen-bond donors (Lipinski definition) is 0. The Hall–Kier alpha value is -1.32. The number of carbonyl (C=O) groups is 1. The predicted octanol–water partition coefficient (Wildman–Crippen LogP) is 4.66. The summed E-state index contributed by atoms with van der Waals surface area (Å²) in [5, 5.41) is 0.601. The van der Waals surface area contributed by atoms with Gasteiger partial charge in [-0.2, -0.15) is 0 Å². The summed E-state index contributed by atoms with van der Waals surface area (Å²) in [6.07, 6.45) is 1.02. The van der Waals surface area contributed by atoms with E-state index < -0.39 is 0 Å². The van der Waals surface area contributed by atoms with E-state index in [0.29, 0.717) is 20.6 Å². The number of fused-ring (bicyclic) bond motifs is 1. The molecule has 0 aliphatic carbocycles. The second-order valence-electron chi connectivity index (χ2n) is 4.91. The first-order valence-electron chi connectivity index (χ1n) is 6.34. The van der Waals surface area contributed by atoms with Gasteiger partial charge in [0.1, 0.15) is 11.9 Å². The molecular formula is C16H12BrClO2. The Morgan fingerprint density at radius 1 is 1.30 bits per heavy atom. The maximum Gasteiger partial charge on any atom is 0.194 e. The molecule has 1 aliphatic heterocycles. The van der Waals surface area contributed by atoms with Gasteiger partial charge in [0.25, 0.3) is 0 Å². The fourth-order valence-electron chi connectivity index (χ4n) is 2.39. The molecule has 0 bridgehead atoms. The lowest BCUT2D eigenvalue weighted by molar-refractivity contribution is 0.103. The van der Waals surface area contributed by atoms with E-state index >= 15 is 0 Å². The van der Waals surface area contributed by atoms with Crippen LogP contribution >= 0.6 is 27.5 Å². The molecule has 20 heavy (non-hydrogen) atoms. The van der Waals surface area contributed by atoms with Gasteiger partial charge in [0.05, 0.1) is 0 Å². The first-order chi connectivity index (χ1) is 9.54. The first-order valence-corrected chi connectivity index (χ1v) is 7.51. The summed E-state index contributed by atoms with van der Waals surface area (Å²) in [4.78, 5) is 12.5. The number of carbonyl (C=O) groups excluding carboxylic acids is 1. The predicted molar refractivity (Wildman–Crippen MR) is 82.8 cm³/mol. The van der Waals surface area contributed by atoms with Gasteiger partial charge in [-0.15, -0.1) is 0 Å². The third kappa shape index (κ3) is 2.48. The molecule has 2 aromatic carbocycles. The topological polar surface area (TPSA) is 26.3 Å². The molecule has 1 aliphatic rings. The van der Waals surface area contributed by atoms with Gasteiger partial charge in [-0.25, -0.2) is 0 Å². The number of hydrogen-bond acceptors (Lipinski definition) is 2. The molecule has 0 fully saturated rings. The Bertz CT molecular complexity index is 697. The van der Waals surface area contributed by atoms with Crippen LogP contribution in [-0.4, -0.2) is 11.9 Å². The number of benzene rings is 2. The lowest BCUT2D eigenvalue weighted by atomic mass is 10.00. The smallest absolute Gasteiger partial charge is 0.194 e. The third-order valence-corrected chi connectivity index (χ3v) is 4.23. The van der Waals surface area contributed by atoms with Crippen LogP contribution in [0.5, 0.6) is 5.75 Å². The maximum absolute atomic E-state index is 12.5. The average molecular weight is 352 g/mol. The lowest BCUT2D eigenvalue weighted by Gasteiger charge is -2.06. The molecule has 4 heteroatoms. The van der Waals surface area contributed by atoms with Crippen molar-refractivity contribution in [2.45, 2.75) is 19.4 Å². The zero-order chi connectivity index (χ0) is 14.3. The molecule has 2 nitrogen and oxygen atoms in total. The highest BCUT2D eigenvalue weighted by atomic mass is 79.9. The van der Waals surface area contributed by atoms with Crippen molar-refractivity contribution in [3.8, 4) is 5.75 Å². The van der Waals surface area contributed by atoms with Crippen LogP contribution in [0.3, 0.4) is 0 Å². The monoisotopic (exact) mass is 350 g/mol.